The van der Waals surface area contributed by atoms with Crippen molar-refractivity contribution in [3.05, 3.63) is 59.4 Å². The predicted octanol–water partition coefficient (Wildman–Crippen LogP) is 4.65. The van der Waals surface area contributed by atoms with E-state index in [1.807, 2.05) is 0 Å². The van der Waals surface area contributed by atoms with Gasteiger partial charge in [-0.2, -0.15) is 0 Å². The largest absolute Gasteiger partial charge is 0.368 e. The fraction of sp³-hybridized carbons (Fsp3) is 0.348. The van der Waals surface area contributed by atoms with Gasteiger partial charge in [0.2, 0.25) is 5.91 Å². The molecule has 1 aromatic heterocycles. The smallest absolute Gasteiger partial charge is 0.249 e. The standard InChI is InChI=1S/C23H21F3N2O2/c24-15-3-1-13(2-4-15)21-20(17-9-16(25)10-18(26)22(17)28-21)14-7-12(8-14)11-27-23(29)19-5-6-30-19/h1-4,9-10,12,14,19,28H,5-8,11H2,(H,27,29). The lowest BCUT2D eigenvalue weighted by Crippen LogP contribution is -2.45. The summed E-state index contributed by atoms with van der Waals surface area (Å²) in [5.41, 5.74) is 2.51. The quantitative estimate of drug-likeness (QED) is 0.639. The van der Waals surface area contributed by atoms with Crippen molar-refractivity contribution in [2.45, 2.75) is 31.3 Å². The van der Waals surface area contributed by atoms with E-state index >= 15 is 0 Å². The summed E-state index contributed by atoms with van der Waals surface area (Å²) in [6, 6.07) is 8.17. The Balaban J connectivity index is 1.41. The summed E-state index contributed by atoms with van der Waals surface area (Å²) < 4.78 is 47.0. The molecule has 1 aliphatic heterocycles. The monoisotopic (exact) mass is 414 g/mol. The maximum atomic E-state index is 14.4. The number of rotatable bonds is 5. The number of hydrogen-bond donors (Lipinski definition) is 2. The van der Waals surface area contributed by atoms with Gasteiger partial charge in [0.15, 0.2) is 0 Å². The van der Waals surface area contributed by atoms with Gasteiger partial charge in [-0.15, -0.1) is 0 Å². The molecule has 1 saturated carbocycles. The highest BCUT2D eigenvalue weighted by atomic mass is 19.1. The Morgan fingerprint density at radius 1 is 1.10 bits per heavy atom. The molecule has 2 fully saturated rings. The Hall–Kier alpha value is -2.80. The number of carbonyl (C=O) groups excluding carboxylic acids is 1. The number of aromatic amines is 1. The molecule has 0 spiro atoms. The van der Waals surface area contributed by atoms with Gasteiger partial charge in [0.1, 0.15) is 23.6 Å². The molecule has 2 heterocycles. The predicted molar refractivity (Wildman–Crippen MR) is 106 cm³/mol. The van der Waals surface area contributed by atoms with E-state index in [4.69, 9.17) is 4.74 Å². The minimum atomic E-state index is -0.650. The van der Waals surface area contributed by atoms with E-state index in [2.05, 4.69) is 10.3 Å². The average molecular weight is 414 g/mol. The van der Waals surface area contributed by atoms with Crippen LogP contribution in [-0.2, 0) is 9.53 Å². The van der Waals surface area contributed by atoms with Crippen LogP contribution in [0.1, 0.15) is 30.7 Å². The Kier molecular flexibility index (Phi) is 4.77. The number of carbonyl (C=O) groups is 1. The SMILES string of the molecule is O=C(NCC1CC(c2c(-c3ccc(F)cc3)[nH]c3c(F)cc(F)cc23)C1)C1CCO1. The zero-order valence-electron chi connectivity index (χ0n) is 16.2. The Morgan fingerprint density at radius 2 is 1.83 bits per heavy atom. The minimum absolute atomic E-state index is 0.0760. The van der Waals surface area contributed by atoms with Crippen LogP contribution in [0.3, 0.4) is 0 Å². The van der Waals surface area contributed by atoms with Gasteiger partial charge in [0.05, 0.1) is 17.8 Å². The lowest BCUT2D eigenvalue weighted by atomic mass is 9.70. The molecule has 1 amide bonds. The van der Waals surface area contributed by atoms with Crippen LogP contribution in [-0.4, -0.2) is 30.1 Å². The van der Waals surface area contributed by atoms with Crippen molar-refractivity contribution < 1.29 is 22.7 Å². The Morgan fingerprint density at radius 3 is 2.50 bits per heavy atom. The van der Waals surface area contributed by atoms with E-state index in [0.717, 1.165) is 36.5 Å². The van der Waals surface area contributed by atoms with Crippen LogP contribution in [0.5, 0.6) is 0 Å². The fourth-order valence-electron chi connectivity index (χ4n) is 4.45. The topological polar surface area (TPSA) is 54.1 Å². The number of ether oxygens (including phenoxy) is 1. The third-order valence-electron chi connectivity index (χ3n) is 6.20. The Bertz CT molecular complexity index is 1100. The second-order valence-electron chi connectivity index (χ2n) is 8.16. The molecule has 3 aromatic rings. The molecule has 1 unspecified atom stereocenters. The van der Waals surface area contributed by atoms with Gasteiger partial charge < -0.3 is 15.0 Å². The van der Waals surface area contributed by atoms with E-state index in [-0.39, 0.29) is 29.3 Å². The van der Waals surface area contributed by atoms with Crippen LogP contribution in [0, 0.1) is 23.4 Å². The summed E-state index contributed by atoms with van der Waals surface area (Å²) in [5, 5.41) is 3.44. The van der Waals surface area contributed by atoms with Crippen LogP contribution in [0.4, 0.5) is 13.2 Å². The first-order valence-electron chi connectivity index (χ1n) is 10.2. The van der Waals surface area contributed by atoms with Crippen LogP contribution in [0.25, 0.3) is 22.2 Å². The second kappa shape index (κ2) is 7.47. The highest BCUT2D eigenvalue weighted by Crippen LogP contribution is 2.48. The molecule has 1 aliphatic carbocycles. The van der Waals surface area contributed by atoms with E-state index < -0.39 is 11.6 Å². The third-order valence-corrected chi connectivity index (χ3v) is 6.20. The lowest BCUT2D eigenvalue weighted by Gasteiger charge is -2.37. The van der Waals surface area contributed by atoms with E-state index in [1.54, 1.807) is 12.1 Å². The minimum Gasteiger partial charge on any atom is -0.368 e. The first-order valence-corrected chi connectivity index (χ1v) is 10.2. The Labute approximate surface area is 171 Å². The maximum Gasteiger partial charge on any atom is 0.249 e. The number of amides is 1. The number of aromatic nitrogens is 1. The lowest BCUT2D eigenvalue weighted by molar-refractivity contribution is -0.145. The number of H-pyrrole nitrogens is 1. The molecular formula is C23H21F3N2O2. The number of hydrogen-bond acceptors (Lipinski definition) is 2. The molecule has 156 valence electrons. The molecular weight excluding hydrogens is 393 g/mol. The number of benzene rings is 2. The van der Waals surface area contributed by atoms with Crippen molar-refractivity contribution in [1.82, 2.24) is 10.3 Å². The van der Waals surface area contributed by atoms with Crippen molar-refractivity contribution in [2.24, 2.45) is 5.92 Å². The molecule has 2 N–H and O–H groups in total. The second-order valence-corrected chi connectivity index (χ2v) is 8.16. The highest BCUT2D eigenvalue weighted by Gasteiger charge is 2.35. The zero-order valence-corrected chi connectivity index (χ0v) is 16.2. The van der Waals surface area contributed by atoms with Crippen molar-refractivity contribution in [1.29, 1.82) is 0 Å². The first-order chi connectivity index (χ1) is 14.5. The average Bonchev–Trinajstić information content (AvgIpc) is 2.99. The normalized spacial score (nSPS) is 23.1. The summed E-state index contributed by atoms with van der Waals surface area (Å²) in [7, 11) is 0. The summed E-state index contributed by atoms with van der Waals surface area (Å²) in [6.07, 6.45) is 2.02. The summed E-state index contributed by atoms with van der Waals surface area (Å²) in [6.45, 7) is 1.19. The van der Waals surface area contributed by atoms with Crippen LogP contribution < -0.4 is 5.32 Å². The van der Waals surface area contributed by atoms with E-state index in [9.17, 15) is 18.0 Å². The maximum absolute atomic E-state index is 14.4. The summed E-state index contributed by atoms with van der Waals surface area (Å²) >= 11 is 0. The molecule has 1 atom stereocenters. The molecule has 0 radical (unpaired) electrons. The van der Waals surface area contributed by atoms with Gasteiger partial charge >= 0.3 is 0 Å². The van der Waals surface area contributed by atoms with Crippen LogP contribution in [0.15, 0.2) is 36.4 Å². The summed E-state index contributed by atoms with van der Waals surface area (Å²) in [4.78, 5) is 15.0. The number of fused-ring (bicyclic) bond motifs is 1. The van der Waals surface area contributed by atoms with Crippen molar-refractivity contribution >= 4 is 16.8 Å². The first kappa shape index (κ1) is 19.2. The van der Waals surface area contributed by atoms with Gasteiger partial charge in [-0.3, -0.25) is 4.79 Å². The van der Waals surface area contributed by atoms with Gasteiger partial charge in [-0.05, 0) is 66.1 Å². The molecule has 1 saturated heterocycles. The highest BCUT2D eigenvalue weighted by molar-refractivity contribution is 5.92. The van der Waals surface area contributed by atoms with Crippen molar-refractivity contribution in [3.8, 4) is 11.3 Å². The van der Waals surface area contributed by atoms with Crippen LogP contribution >= 0.6 is 0 Å². The molecule has 2 aliphatic rings. The molecule has 4 nitrogen and oxygen atoms in total. The third kappa shape index (κ3) is 3.37. The van der Waals surface area contributed by atoms with Crippen LogP contribution in [0.2, 0.25) is 0 Å². The van der Waals surface area contributed by atoms with E-state index in [1.165, 1.54) is 18.2 Å². The molecule has 7 heteroatoms. The molecule has 30 heavy (non-hydrogen) atoms. The van der Waals surface area contributed by atoms with Gasteiger partial charge in [-0.1, -0.05) is 0 Å². The number of halogens is 3. The molecule has 0 bridgehead atoms. The van der Waals surface area contributed by atoms with Gasteiger partial charge in [0.25, 0.3) is 0 Å². The summed E-state index contributed by atoms with van der Waals surface area (Å²) in [5.74, 6) is -1.32. The zero-order chi connectivity index (χ0) is 20.8. The number of nitrogens with one attached hydrogen (secondary N) is 2. The van der Waals surface area contributed by atoms with Crippen molar-refractivity contribution in [3.63, 3.8) is 0 Å². The van der Waals surface area contributed by atoms with E-state index in [0.29, 0.717) is 30.1 Å². The molecule has 2 aromatic carbocycles. The van der Waals surface area contributed by atoms with Gasteiger partial charge in [0, 0.05) is 24.4 Å². The molecule has 5 rings (SSSR count). The van der Waals surface area contributed by atoms with Crippen molar-refractivity contribution in [2.75, 3.05) is 13.2 Å². The van der Waals surface area contributed by atoms with Gasteiger partial charge in [-0.25, -0.2) is 13.2 Å². The fourth-order valence-corrected chi connectivity index (χ4v) is 4.45.